The molecule has 2 atom stereocenters. The lowest BCUT2D eigenvalue weighted by atomic mass is 10.1. The van der Waals surface area contributed by atoms with E-state index in [1.807, 2.05) is 23.2 Å². The van der Waals surface area contributed by atoms with Crippen molar-refractivity contribution < 1.29 is 4.79 Å². The number of amides is 1. The zero-order valence-corrected chi connectivity index (χ0v) is 10.7. The van der Waals surface area contributed by atoms with Gasteiger partial charge in [0.25, 0.3) is 0 Å². The molecule has 0 radical (unpaired) electrons. The summed E-state index contributed by atoms with van der Waals surface area (Å²) in [5.74, 6) is 1.08. The molecule has 0 N–H and O–H groups in total. The van der Waals surface area contributed by atoms with Gasteiger partial charge in [-0.25, -0.2) is 0 Å². The molecule has 1 aliphatic heterocycles. The lowest BCUT2D eigenvalue weighted by molar-refractivity contribution is -0.129. The van der Waals surface area contributed by atoms with Gasteiger partial charge in [-0.05, 0) is 24.0 Å². The molecule has 2 rings (SSSR count). The van der Waals surface area contributed by atoms with Gasteiger partial charge in [-0.3, -0.25) is 9.78 Å². The van der Waals surface area contributed by atoms with Crippen LogP contribution in [-0.2, 0) is 4.79 Å². The lowest BCUT2D eigenvalue weighted by Gasteiger charge is -2.27. The number of likely N-dealkylation sites (tertiary alicyclic amines) is 1. The Kier molecular flexibility index (Phi) is 4.00. The fraction of sp³-hybridized carbons (Fsp3) is 0.538. The molecule has 4 heteroatoms. The second-order valence-electron chi connectivity index (χ2n) is 4.48. The van der Waals surface area contributed by atoms with E-state index < -0.39 is 0 Å². The molecule has 1 aromatic heterocycles. The van der Waals surface area contributed by atoms with Crippen LogP contribution in [0, 0.1) is 5.92 Å². The lowest BCUT2D eigenvalue weighted by Crippen LogP contribution is -2.30. The highest BCUT2D eigenvalue weighted by molar-refractivity contribution is 6.18. The minimum absolute atomic E-state index is 0.143. The average Bonchev–Trinajstić information content (AvgIpc) is 2.73. The molecule has 0 spiro atoms. The van der Waals surface area contributed by atoms with Gasteiger partial charge in [-0.2, -0.15) is 0 Å². The van der Waals surface area contributed by atoms with Crippen LogP contribution < -0.4 is 0 Å². The van der Waals surface area contributed by atoms with Gasteiger partial charge < -0.3 is 4.90 Å². The molecule has 1 saturated heterocycles. The summed E-state index contributed by atoms with van der Waals surface area (Å²) in [5.41, 5.74) is 1.11. The van der Waals surface area contributed by atoms with Crippen LogP contribution in [0.1, 0.15) is 31.4 Å². The Balaban J connectivity index is 2.17. The number of hydrogen-bond acceptors (Lipinski definition) is 2. The molecule has 3 nitrogen and oxygen atoms in total. The van der Waals surface area contributed by atoms with Crippen LogP contribution >= 0.6 is 11.6 Å². The largest absolute Gasteiger partial charge is 0.335 e. The summed E-state index contributed by atoms with van der Waals surface area (Å²) < 4.78 is 0. The molecule has 2 heterocycles. The number of alkyl halides is 1. The van der Waals surface area contributed by atoms with E-state index in [2.05, 4.69) is 11.9 Å². The van der Waals surface area contributed by atoms with E-state index in [1.165, 1.54) is 0 Å². The maximum absolute atomic E-state index is 12.0. The molecular weight excluding hydrogens is 236 g/mol. The van der Waals surface area contributed by atoms with E-state index in [-0.39, 0.29) is 11.9 Å². The fourth-order valence-electron chi connectivity index (χ4n) is 2.42. The van der Waals surface area contributed by atoms with E-state index in [0.29, 0.717) is 18.2 Å². The normalized spacial score (nSPS) is 21.9. The molecule has 0 bridgehead atoms. The van der Waals surface area contributed by atoms with Gasteiger partial charge in [0, 0.05) is 31.2 Å². The third kappa shape index (κ3) is 2.60. The van der Waals surface area contributed by atoms with Gasteiger partial charge in [0.05, 0.1) is 6.04 Å². The van der Waals surface area contributed by atoms with Crippen molar-refractivity contribution in [1.82, 2.24) is 9.88 Å². The molecule has 0 aliphatic carbocycles. The number of halogens is 1. The topological polar surface area (TPSA) is 33.2 Å². The van der Waals surface area contributed by atoms with E-state index in [4.69, 9.17) is 11.6 Å². The van der Waals surface area contributed by atoms with Gasteiger partial charge in [0.2, 0.25) is 5.91 Å². The van der Waals surface area contributed by atoms with Crippen molar-refractivity contribution in [3.05, 3.63) is 30.1 Å². The second-order valence-corrected chi connectivity index (χ2v) is 4.79. The Morgan fingerprint density at radius 2 is 2.47 bits per heavy atom. The maximum atomic E-state index is 12.0. The standard InChI is InChI=1S/C13H17ClN2O/c1-2-12(11-4-3-5-15-8-11)16-9-10(7-14)6-13(16)17/h3-5,8,10,12H,2,6-7,9H2,1H3. The first-order valence-corrected chi connectivity index (χ1v) is 6.55. The second kappa shape index (κ2) is 5.50. The highest BCUT2D eigenvalue weighted by Gasteiger charge is 2.33. The molecule has 1 fully saturated rings. The van der Waals surface area contributed by atoms with E-state index in [1.54, 1.807) is 6.20 Å². The molecule has 1 aliphatic rings. The van der Waals surface area contributed by atoms with Crippen molar-refractivity contribution >= 4 is 17.5 Å². The first kappa shape index (κ1) is 12.4. The Hall–Kier alpha value is -1.09. The quantitative estimate of drug-likeness (QED) is 0.772. The third-order valence-corrected chi connectivity index (χ3v) is 3.73. The van der Waals surface area contributed by atoms with Crippen molar-refractivity contribution in [3.8, 4) is 0 Å². The highest BCUT2D eigenvalue weighted by atomic mass is 35.5. The number of nitrogens with zero attached hydrogens (tertiary/aromatic N) is 2. The average molecular weight is 253 g/mol. The van der Waals surface area contributed by atoms with Crippen LogP contribution in [0.3, 0.4) is 0 Å². The van der Waals surface area contributed by atoms with Gasteiger partial charge >= 0.3 is 0 Å². The van der Waals surface area contributed by atoms with Gasteiger partial charge in [-0.1, -0.05) is 13.0 Å². The summed E-state index contributed by atoms with van der Waals surface area (Å²) in [6.07, 6.45) is 5.09. The summed E-state index contributed by atoms with van der Waals surface area (Å²) in [4.78, 5) is 18.0. The van der Waals surface area contributed by atoms with E-state index in [9.17, 15) is 4.79 Å². The smallest absolute Gasteiger partial charge is 0.223 e. The highest BCUT2D eigenvalue weighted by Crippen LogP contribution is 2.30. The number of carbonyl (C=O) groups excluding carboxylic acids is 1. The zero-order valence-electron chi connectivity index (χ0n) is 9.97. The Bertz CT molecular complexity index is 382. The molecule has 1 aromatic rings. The fourth-order valence-corrected chi connectivity index (χ4v) is 2.63. The summed E-state index contributed by atoms with van der Waals surface area (Å²) in [6.45, 7) is 2.87. The molecule has 1 amide bonds. The SMILES string of the molecule is CCC(c1cccnc1)N1CC(CCl)CC1=O. The maximum Gasteiger partial charge on any atom is 0.223 e. The molecule has 92 valence electrons. The van der Waals surface area contributed by atoms with Crippen LogP contribution in [0.5, 0.6) is 0 Å². The monoisotopic (exact) mass is 252 g/mol. The van der Waals surface area contributed by atoms with Crippen molar-refractivity contribution in [2.75, 3.05) is 12.4 Å². The molecule has 0 aromatic carbocycles. The Morgan fingerprint density at radius 1 is 1.65 bits per heavy atom. The first-order chi connectivity index (χ1) is 8.26. The number of carbonyl (C=O) groups is 1. The van der Waals surface area contributed by atoms with Crippen molar-refractivity contribution in [1.29, 1.82) is 0 Å². The summed E-state index contributed by atoms with van der Waals surface area (Å²) in [7, 11) is 0. The minimum Gasteiger partial charge on any atom is -0.335 e. The summed E-state index contributed by atoms with van der Waals surface area (Å²) >= 11 is 5.84. The zero-order chi connectivity index (χ0) is 12.3. The Labute approximate surface area is 107 Å². The molecular formula is C13H17ClN2O. The Morgan fingerprint density at radius 3 is 3.00 bits per heavy atom. The van der Waals surface area contributed by atoms with Crippen LogP contribution in [0.25, 0.3) is 0 Å². The van der Waals surface area contributed by atoms with Crippen molar-refractivity contribution in [3.63, 3.8) is 0 Å². The van der Waals surface area contributed by atoms with Gasteiger partial charge in [-0.15, -0.1) is 11.6 Å². The van der Waals surface area contributed by atoms with Crippen molar-refractivity contribution in [2.24, 2.45) is 5.92 Å². The molecule has 0 saturated carbocycles. The number of rotatable bonds is 4. The molecule has 2 unspecified atom stereocenters. The molecule has 17 heavy (non-hydrogen) atoms. The number of aromatic nitrogens is 1. The predicted molar refractivity (Wildman–Crippen MR) is 67.8 cm³/mol. The third-order valence-electron chi connectivity index (χ3n) is 3.29. The minimum atomic E-state index is 0.143. The van der Waals surface area contributed by atoms with Crippen LogP contribution in [0.15, 0.2) is 24.5 Å². The predicted octanol–water partition coefficient (Wildman–Crippen LogP) is 2.62. The van der Waals surface area contributed by atoms with Crippen molar-refractivity contribution in [2.45, 2.75) is 25.8 Å². The van der Waals surface area contributed by atoms with E-state index in [0.717, 1.165) is 18.5 Å². The van der Waals surface area contributed by atoms with Gasteiger partial charge in [0.15, 0.2) is 0 Å². The van der Waals surface area contributed by atoms with Crippen LogP contribution in [-0.4, -0.2) is 28.2 Å². The van der Waals surface area contributed by atoms with Crippen LogP contribution in [0.2, 0.25) is 0 Å². The van der Waals surface area contributed by atoms with Gasteiger partial charge in [0.1, 0.15) is 0 Å². The summed E-state index contributed by atoms with van der Waals surface area (Å²) in [6, 6.07) is 4.09. The van der Waals surface area contributed by atoms with Crippen LogP contribution in [0.4, 0.5) is 0 Å². The number of hydrogen-bond donors (Lipinski definition) is 0. The summed E-state index contributed by atoms with van der Waals surface area (Å²) in [5, 5.41) is 0. The number of pyridine rings is 1. The van der Waals surface area contributed by atoms with E-state index >= 15 is 0 Å². The first-order valence-electron chi connectivity index (χ1n) is 6.01.